The Kier molecular flexibility index (Phi) is 1.72. The zero-order valence-electron chi connectivity index (χ0n) is 7.86. The predicted molar refractivity (Wildman–Crippen MR) is 54.5 cm³/mol. The highest BCUT2D eigenvalue weighted by atomic mass is 15.1. The van der Waals surface area contributed by atoms with Crippen LogP contribution in [0.1, 0.15) is 19.9 Å². The number of pyridine rings is 1. The Bertz CT molecular complexity index is 429. The summed E-state index contributed by atoms with van der Waals surface area (Å²) in [4.78, 5) is 4.30. The van der Waals surface area contributed by atoms with Crippen LogP contribution >= 0.6 is 0 Å². The molecular formula is C10H13N3. The van der Waals surface area contributed by atoms with Gasteiger partial charge in [0.05, 0.1) is 0 Å². The van der Waals surface area contributed by atoms with Crippen LogP contribution in [-0.4, -0.2) is 9.55 Å². The third kappa shape index (κ3) is 1.26. The Morgan fingerprint density at radius 3 is 2.77 bits per heavy atom. The van der Waals surface area contributed by atoms with Gasteiger partial charge in [-0.2, -0.15) is 0 Å². The maximum atomic E-state index is 5.63. The molecule has 0 aliphatic rings. The van der Waals surface area contributed by atoms with Gasteiger partial charge in [0, 0.05) is 17.6 Å². The zero-order chi connectivity index (χ0) is 9.42. The van der Waals surface area contributed by atoms with Crippen LogP contribution in [0.3, 0.4) is 0 Å². The summed E-state index contributed by atoms with van der Waals surface area (Å²) < 4.78 is 2.12. The molecule has 0 spiro atoms. The summed E-state index contributed by atoms with van der Waals surface area (Å²) in [6.07, 6.45) is 2.04. The van der Waals surface area contributed by atoms with Gasteiger partial charge in [-0.1, -0.05) is 0 Å². The lowest BCUT2D eigenvalue weighted by molar-refractivity contribution is 0.618. The molecule has 0 radical (unpaired) electrons. The summed E-state index contributed by atoms with van der Waals surface area (Å²) in [7, 11) is 0. The van der Waals surface area contributed by atoms with Crippen molar-refractivity contribution in [2.75, 3.05) is 5.73 Å². The first kappa shape index (κ1) is 8.10. The quantitative estimate of drug-likeness (QED) is 0.722. The van der Waals surface area contributed by atoms with Gasteiger partial charge < -0.3 is 10.3 Å². The standard InChI is InChI=1S/C10H13N3/c1-7(2)13-6-5-8-3-4-9(11)12-10(8)13/h3-7H,1-2H3,(H2,11,12). The van der Waals surface area contributed by atoms with Gasteiger partial charge in [-0.3, -0.25) is 0 Å². The third-order valence-electron chi connectivity index (χ3n) is 2.14. The van der Waals surface area contributed by atoms with Crippen molar-refractivity contribution < 1.29 is 0 Å². The van der Waals surface area contributed by atoms with Crippen molar-refractivity contribution >= 4 is 16.9 Å². The molecule has 2 rings (SSSR count). The molecule has 68 valence electrons. The first-order chi connectivity index (χ1) is 6.18. The molecule has 0 aromatic carbocycles. The Morgan fingerprint density at radius 2 is 2.08 bits per heavy atom. The lowest BCUT2D eigenvalue weighted by Crippen LogP contribution is -2.00. The Morgan fingerprint density at radius 1 is 1.31 bits per heavy atom. The van der Waals surface area contributed by atoms with E-state index in [9.17, 15) is 0 Å². The van der Waals surface area contributed by atoms with Gasteiger partial charge in [-0.15, -0.1) is 0 Å². The molecule has 0 bridgehead atoms. The lowest BCUT2D eigenvalue weighted by atomic mass is 10.3. The molecule has 2 N–H and O–H groups in total. The van der Waals surface area contributed by atoms with Gasteiger partial charge >= 0.3 is 0 Å². The largest absolute Gasteiger partial charge is 0.384 e. The topological polar surface area (TPSA) is 43.8 Å². The normalized spacial score (nSPS) is 11.3. The summed E-state index contributed by atoms with van der Waals surface area (Å²) in [5, 5.41) is 1.14. The average molecular weight is 175 g/mol. The fourth-order valence-corrected chi connectivity index (χ4v) is 1.46. The predicted octanol–water partition coefficient (Wildman–Crippen LogP) is 2.20. The van der Waals surface area contributed by atoms with E-state index in [4.69, 9.17) is 5.73 Å². The smallest absolute Gasteiger partial charge is 0.142 e. The molecule has 0 saturated heterocycles. The van der Waals surface area contributed by atoms with E-state index in [-0.39, 0.29) is 0 Å². The molecule has 13 heavy (non-hydrogen) atoms. The zero-order valence-corrected chi connectivity index (χ0v) is 7.86. The Labute approximate surface area is 77.2 Å². The summed E-state index contributed by atoms with van der Waals surface area (Å²) in [6, 6.07) is 6.30. The number of nitrogen functional groups attached to an aromatic ring is 1. The summed E-state index contributed by atoms with van der Waals surface area (Å²) in [6.45, 7) is 4.26. The molecular weight excluding hydrogens is 162 g/mol. The third-order valence-corrected chi connectivity index (χ3v) is 2.14. The number of fused-ring (bicyclic) bond motifs is 1. The SMILES string of the molecule is CC(C)n1ccc2ccc(N)nc21. The van der Waals surface area contributed by atoms with Crippen LogP contribution in [0.4, 0.5) is 5.82 Å². The average Bonchev–Trinajstić information content (AvgIpc) is 2.46. The van der Waals surface area contributed by atoms with E-state index in [1.54, 1.807) is 0 Å². The summed E-state index contributed by atoms with van der Waals surface area (Å²) >= 11 is 0. The molecule has 2 heterocycles. The van der Waals surface area contributed by atoms with Gasteiger partial charge in [-0.05, 0) is 32.0 Å². The monoisotopic (exact) mass is 175 g/mol. The Balaban J connectivity index is 2.71. The number of rotatable bonds is 1. The number of hydrogen-bond donors (Lipinski definition) is 1. The number of nitrogens with zero attached hydrogens (tertiary/aromatic N) is 2. The highest BCUT2D eigenvalue weighted by Crippen LogP contribution is 2.18. The van der Waals surface area contributed by atoms with Gasteiger partial charge in [0.25, 0.3) is 0 Å². The molecule has 0 saturated carbocycles. The maximum Gasteiger partial charge on any atom is 0.142 e. The van der Waals surface area contributed by atoms with Crippen molar-refractivity contribution in [3.05, 3.63) is 24.4 Å². The molecule has 0 atom stereocenters. The summed E-state index contributed by atoms with van der Waals surface area (Å²) in [5.41, 5.74) is 6.60. The van der Waals surface area contributed by atoms with E-state index in [2.05, 4.69) is 29.5 Å². The fraction of sp³-hybridized carbons (Fsp3) is 0.300. The minimum absolute atomic E-state index is 0.423. The number of anilines is 1. The fourth-order valence-electron chi connectivity index (χ4n) is 1.46. The molecule has 2 aromatic rings. The molecule has 2 aromatic heterocycles. The highest BCUT2D eigenvalue weighted by molar-refractivity contribution is 5.77. The van der Waals surface area contributed by atoms with E-state index >= 15 is 0 Å². The van der Waals surface area contributed by atoms with E-state index in [1.807, 2.05) is 18.3 Å². The second kappa shape index (κ2) is 2.76. The van der Waals surface area contributed by atoms with Crippen molar-refractivity contribution in [2.45, 2.75) is 19.9 Å². The van der Waals surface area contributed by atoms with Crippen LogP contribution in [0.2, 0.25) is 0 Å². The van der Waals surface area contributed by atoms with E-state index in [0.717, 1.165) is 11.0 Å². The van der Waals surface area contributed by atoms with E-state index in [1.165, 1.54) is 0 Å². The van der Waals surface area contributed by atoms with Gasteiger partial charge in [0.15, 0.2) is 0 Å². The van der Waals surface area contributed by atoms with Crippen LogP contribution < -0.4 is 5.73 Å². The van der Waals surface area contributed by atoms with Crippen molar-refractivity contribution in [1.82, 2.24) is 9.55 Å². The first-order valence-electron chi connectivity index (χ1n) is 4.41. The van der Waals surface area contributed by atoms with Crippen LogP contribution in [0.5, 0.6) is 0 Å². The van der Waals surface area contributed by atoms with E-state index in [0.29, 0.717) is 11.9 Å². The second-order valence-electron chi connectivity index (χ2n) is 3.47. The van der Waals surface area contributed by atoms with Crippen molar-refractivity contribution in [2.24, 2.45) is 0 Å². The molecule has 0 unspecified atom stereocenters. The number of aromatic nitrogens is 2. The molecule has 0 amide bonds. The first-order valence-corrected chi connectivity index (χ1v) is 4.41. The van der Waals surface area contributed by atoms with Crippen molar-refractivity contribution in [3.63, 3.8) is 0 Å². The van der Waals surface area contributed by atoms with E-state index < -0.39 is 0 Å². The van der Waals surface area contributed by atoms with Crippen LogP contribution in [0, 0.1) is 0 Å². The molecule has 0 aliphatic heterocycles. The van der Waals surface area contributed by atoms with Crippen molar-refractivity contribution in [3.8, 4) is 0 Å². The van der Waals surface area contributed by atoms with Crippen molar-refractivity contribution in [1.29, 1.82) is 0 Å². The second-order valence-corrected chi connectivity index (χ2v) is 3.47. The van der Waals surface area contributed by atoms with Crippen LogP contribution in [-0.2, 0) is 0 Å². The van der Waals surface area contributed by atoms with Gasteiger partial charge in [-0.25, -0.2) is 4.98 Å². The number of nitrogens with two attached hydrogens (primary N) is 1. The minimum Gasteiger partial charge on any atom is -0.384 e. The maximum absolute atomic E-state index is 5.63. The van der Waals surface area contributed by atoms with Gasteiger partial charge in [0.2, 0.25) is 0 Å². The molecule has 3 nitrogen and oxygen atoms in total. The molecule has 0 aliphatic carbocycles. The molecule has 0 fully saturated rings. The summed E-state index contributed by atoms with van der Waals surface area (Å²) in [5.74, 6) is 0.577. The lowest BCUT2D eigenvalue weighted by Gasteiger charge is -2.08. The van der Waals surface area contributed by atoms with Crippen LogP contribution in [0.15, 0.2) is 24.4 Å². The van der Waals surface area contributed by atoms with Crippen LogP contribution in [0.25, 0.3) is 11.0 Å². The minimum atomic E-state index is 0.423. The number of hydrogen-bond acceptors (Lipinski definition) is 2. The highest BCUT2D eigenvalue weighted by Gasteiger charge is 2.04. The van der Waals surface area contributed by atoms with Gasteiger partial charge in [0.1, 0.15) is 11.5 Å². The molecule has 3 heteroatoms. The Hall–Kier alpha value is -1.51.